The Balaban J connectivity index is 1.81. The molecule has 1 aromatic rings. The van der Waals surface area contributed by atoms with Crippen molar-refractivity contribution in [2.24, 2.45) is 11.7 Å². The highest BCUT2D eigenvalue weighted by Crippen LogP contribution is 2.27. The van der Waals surface area contributed by atoms with Gasteiger partial charge in [0.05, 0.1) is 6.61 Å². The molecule has 1 aromatic carbocycles. The summed E-state index contributed by atoms with van der Waals surface area (Å²) in [7, 11) is 0. The van der Waals surface area contributed by atoms with Crippen LogP contribution in [-0.4, -0.2) is 12.6 Å². The molecule has 2 nitrogen and oxygen atoms in total. The van der Waals surface area contributed by atoms with Crippen molar-refractivity contribution in [1.82, 2.24) is 0 Å². The maximum absolute atomic E-state index is 6.05. The van der Waals surface area contributed by atoms with Crippen LogP contribution in [0, 0.1) is 19.8 Å². The molecule has 1 aliphatic rings. The lowest BCUT2D eigenvalue weighted by atomic mass is 10.0. The van der Waals surface area contributed by atoms with Crippen LogP contribution in [0.1, 0.15) is 36.8 Å². The fraction of sp³-hybridized carbons (Fsp3) is 0.600. The van der Waals surface area contributed by atoms with E-state index in [1.807, 2.05) is 0 Å². The van der Waals surface area contributed by atoms with Crippen LogP contribution < -0.4 is 10.5 Å². The Morgan fingerprint density at radius 1 is 1.29 bits per heavy atom. The quantitative estimate of drug-likeness (QED) is 0.866. The largest absolute Gasteiger partial charge is 0.493 e. The van der Waals surface area contributed by atoms with Crippen molar-refractivity contribution in [1.29, 1.82) is 0 Å². The number of rotatable bonds is 4. The first-order chi connectivity index (χ1) is 8.16. The Morgan fingerprint density at radius 2 is 2.12 bits per heavy atom. The fourth-order valence-electron chi connectivity index (χ4n) is 2.71. The highest BCUT2D eigenvalue weighted by Gasteiger charge is 2.23. The molecule has 0 amide bonds. The molecule has 0 aliphatic heterocycles. The van der Waals surface area contributed by atoms with Crippen molar-refractivity contribution >= 4 is 0 Å². The van der Waals surface area contributed by atoms with E-state index in [0.29, 0.717) is 12.0 Å². The molecule has 1 saturated carbocycles. The number of benzene rings is 1. The molecular weight excluding hydrogens is 210 g/mol. The Bertz CT molecular complexity index is 375. The SMILES string of the molecule is Cc1ccc(OCCC2CCCC2N)c(C)c1. The molecule has 2 rings (SSSR count). The smallest absolute Gasteiger partial charge is 0.122 e. The zero-order valence-electron chi connectivity index (χ0n) is 10.9. The van der Waals surface area contributed by atoms with E-state index in [1.165, 1.54) is 30.4 Å². The van der Waals surface area contributed by atoms with Crippen molar-refractivity contribution in [2.75, 3.05) is 6.61 Å². The maximum atomic E-state index is 6.05. The first-order valence-electron chi connectivity index (χ1n) is 6.62. The highest BCUT2D eigenvalue weighted by atomic mass is 16.5. The van der Waals surface area contributed by atoms with Crippen LogP contribution in [0.2, 0.25) is 0 Å². The molecule has 0 saturated heterocycles. The predicted octanol–water partition coefficient (Wildman–Crippen LogP) is 3.20. The van der Waals surface area contributed by atoms with E-state index in [2.05, 4.69) is 32.0 Å². The summed E-state index contributed by atoms with van der Waals surface area (Å²) in [6.45, 7) is 5.00. The zero-order chi connectivity index (χ0) is 12.3. The van der Waals surface area contributed by atoms with Crippen LogP contribution in [-0.2, 0) is 0 Å². The van der Waals surface area contributed by atoms with Gasteiger partial charge in [-0.3, -0.25) is 0 Å². The van der Waals surface area contributed by atoms with Crippen LogP contribution in [0.5, 0.6) is 5.75 Å². The number of nitrogens with two attached hydrogens (primary N) is 1. The third-order valence-corrected chi connectivity index (χ3v) is 3.79. The second kappa shape index (κ2) is 5.54. The van der Waals surface area contributed by atoms with Gasteiger partial charge < -0.3 is 10.5 Å². The Hall–Kier alpha value is -1.02. The second-order valence-corrected chi connectivity index (χ2v) is 5.26. The molecule has 2 heteroatoms. The molecule has 17 heavy (non-hydrogen) atoms. The van der Waals surface area contributed by atoms with Gasteiger partial charge in [-0.25, -0.2) is 0 Å². The topological polar surface area (TPSA) is 35.2 Å². The van der Waals surface area contributed by atoms with Gasteiger partial charge in [0.25, 0.3) is 0 Å². The summed E-state index contributed by atoms with van der Waals surface area (Å²) in [4.78, 5) is 0. The minimum absolute atomic E-state index is 0.401. The van der Waals surface area contributed by atoms with Gasteiger partial charge in [-0.05, 0) is 50.7 Å². The molecular formula is C15H23NO. The van der Waals surface area contributed by atoms with Gasteiger partial charge in [0.2, 0.25) is 0 Å². The van der Waals surface area contributed by atoms with Crippen LogP contribution in [0.25, 0.3) is 0 Å². The first-order valence-corrected chi connectivity index (χ1v) is 6.62. The molecule has 0 aromatic heterocycles. The summed E-state index contributed by atoms with van der Waals surface area (Å²) in [6.07, 6.45) is 4.84. The van der Waals surface area contributed by atoms with Crippen molar-refractivity contribution in [3.63, 3.8) is 0 Å². The van der Waals surface area contributed by atoms with E-state index in [4.69, 9.17) is 10.5 Å². The fourth-order valence-corrected chi connectivity index (χ4v) is 2.71. The molecule has 0 heterocycles. The van der Waals surface area contributed by atoms with Crippen LogP contribution in [0.4, 0.5) is 0 Å². The molecule has 2 N–H and O–H groups in total. The van der Waals surface area contributed by atoms with Crippen molar-refractivity contribution < 1.29 is 4.74 Å². The van der Waals surface area contributed by atoms with Gasteiger partial charge >= 0.3 is 0 Å². The average Bonchev–Trinajstić information content (AvgIpc) is 2.68. The normalized spacial score (nSPS) is 23.9. The Labute approximate surface area is 104 Å². The molecule has 1 aliphatic carbocycles. The Kier molecular flexibility index (Phi) is 4.06. The second-order valence-electron chi connectivity index (χ2n) is 5.26. The standard InChI is InChI=1S/C15H23NO/c1-11-6-7-15(12(2)10-11)17-9-8-13-4-3-5-14(13)16/h6-7,10,13-14H,3-5,8-9,16H2,1-2H3. The maximum Gasteiger partial charge on any atom is 0.122 e. The van der Waals surface area contributed by atoms with E-state index in [0.717, 1.165) is 18.8 Å². The van der Waals surface area contributed by atoms with Gasteiger partial charge in [0.1, 0.15) is 5.75 Å². The van der Waals surface area contributed by atoms with E-state index >= 15 is 0 Å². The molecule has 0 radical (unpaired) electrons. The van der Waals surface area contributed by atoms with Crippen LogP contribution in [0.3, 0.4) is 0 Å². The van der Waals surface area contributed by atoms with Gasteiger partial charge in [0, 0.05) is 6.04 Å². The van der Waals surface area contributed by atoms with E-state index in [1.54, 1.807) is 0 Å². The molecule has 94 valence electrons. The lowest BCUT2D eigenvalue weighted by Crippen LogP contribution is -2.25. The minimum atomic E-state index is 0.401. The summed E-state index contributed by atoms with van der Waals surface area (Å²) >= 11 is 0. The molecule has 0 bridgehead atoms. The Morgan fingerprint density at radius 3 is 2.76 bits per heavy atom. The van der Waals surface area contributed by atoms with Crippen molar-refractivity contribution in [3.8, 4) is 5.75 Å². The average molecular weight is 233 g/mol. The van der Waals surface area contributed by atoms with E-state index in [-0.39, 0.29) is 0 Å². The van der Waals surface area contributed by atoms with Gasteiger partial charge in [-0.15, -0.1) is 0 Å². The summed E-state index contributed by atoms with van der Waals surface area (Å²) < 4.78 is 5.85. The molecule has 0 spiro atoms. The van der Waals surface area contributed by atoms with Gasteiger partial charge in [-0.1, -0.05) is 24.1 Å². The highest BCUT2D eigenvalue weighted by molar-refractivity contribution is 5.35. The van der Waals surface area contributed by atoms with Crippen LogP contribution in [0.15, 0.2) is 18.2 Å². The van der Waals surface area contributed by atoms with Crippen LogP contribution >= 0.6 is 0 Å². The number of ether oxygens (including phenoxy) is 1. The number of hydrogen-bond donors (Lipinski definition) is 1. The summed E-state index contributed by atoms with van der Waals surface area (Å²) in [5.74, 6) is 1.68. The molecule has 2 atom stereocenters. The number of hydrogen-bond acceptors (Lipinski definition) is 2. The summed E-state index contributed by atoms with van der Waals surface area (Å²) in [5.41, 5.74) is 8.56. The van der Waals surface area contributed by atoms with Gasteiger partial charge in [-0.2, -0.15) is 0 Å². The van der Waals surface area contributed by atoms with E-state index in [9.17, 15) is 0 Å². The minimum Gasteiger partial charge on any atom is -0.493 e. The summed E-state index contributed by atoms with van der Waals surface area (Å²) in [6, 6.07) is 6.73. The summed E-state index contributed by atoms with van der Waals surface area (Å²) in [5, 5.41) is 0. The van der Waals surface area contributed by atoms with E-state index < -0.39 is 0 Å². The molecule has 1 fully saturated rings. The lowest BCUT2D eigenvalue weighted by molar-refractivity contribution is 0.269. The van der Waals surface area contributed by atoms with Gasteiger partial charge in [0.15, 0.2) is 0 Å². The zero-order valence-corrected chi connectivity index (χ0v) is 10.9. The van der Waals surface area contributed by atoms with Crippen molar-refractivity contribution in [3.05, 3.63) is 29.3 Å². The molecule has 2 unspecified atom stereocenters. The first kappa shape index (κ1) is 12.4. The van der Waals surface area contributed by atoms with Crippen molar-refractivity contribution in [2.45, 2.75) is 45.6 Å². The monoisotopic (exact) mass is 233 g/mol. The third-order valence-electron chi connectivity index (χ3n) is 3.79. The third kappa shape index (κ3) is 3.22. The number of aryl methyl sites for hydroxylation is 2. The lowest BCUT2D eigenvalue weighted by Gasteiger charge is -2.16. The predicted molar refractivity (Wildman–Crippen MR) is 71.3 cm³/mol.